The number of aliphatic carboxylic acids is 1. The largest absolute Gasteiger partial charge is 0.508 e. The van der Waals surface area contributed by atoms with Crippen molar-refractivity contribution >= 4 is 52.3 Å². The number of fused-ring (bicyclic) bond motifs is 1. The number of para-hydroxylation sites is 1. The second kappa shape index (κ2) is 25.4. The fourth-order valence-electron chi connectivity index (χ4n) is 8.27. The number of nitrogens with one attached hydrogen (secondary N) is 6. The van der Waals surface area contributed by atoms with Crippen molar-refractivity contribution in [3.05, 3.63) is 95.7 Å². The summed E-state index contributed by atoms with van der Waals surface area (Å²) in [6.45, 7) is 3.06. The molecule has 14 N–H and O–H groups in total. The minimum atomic E-state index is -1.64. The van der Waals surface area contributed by atoms with Crippen LogP contribution in [0.3, 0.4) is 0 Å². The lowest BCUT2D eigenvalue weighted by Gasteiger charge is -2.30. The monoisotopic (exact) mass is 955 g/mol. The Morgan fingerprint density at radius 2 is 1.32 bits per heavy atom. The summed E-state index contributed by atoms with van der Waals surface area (Å²) in [5, 5.41) is 52.8. The second-order valence-corrected chi connectivity index (χ2v) is 17.5. The standard InChI is InChI=1S/C49H65N9O11/c1-3-28(2)42(47(66)56-40(27-59)49(68)69)57-45(64)38(24-30-15-19-33(61)20-16-30)54-43(62)37(11-6-7-21-50)53-44(63)39(25-31-26-52-36-10-5-4-9-34(31)36)55-46(65)41-12-8-22-58(41)48(67)35(51)23-29-13-17-32(60)18-14-29/h4-5,9-10,13-20,26,28,35,37-42,52,59-61H,3,6-8,11-12,21-25,27,50-51H2,1-2H3,(H,53,63)(H,54,62)(H,55,65)(H,56,66)(H,57,64)(H,68,69)/t28-,35-,37-,38-,39-,40-,41-,42-/m0/s1. The normalized spacial score (nSPS) is 16.5. The molecule has 1 aromatic heterocycles. The van der Waals surface area contributed by atoms with Crippen LogP contribution in [-0.2, 0) is 52.8 Å². The van der Waals surface area contributed by atoms with Gasteiger partial charge >= 0.3 is 5.97 Å². The van der Waals surface area contributed by atoms with Crippen LogP contribution in [0.4, 0.5) is 0 Å². The van der Waals surface area contributed by atoms with Gasteiger partial charge in [0, 0.05) is 36.5 Å². The average molecular weight is 956 g/mol. The lowest BCUT2D eigenvalue weighted by molar-refractivity contribution is -0.143. The average Bonchev–Trinajstić information content (AvgIpc) is 4.00. The van der Waals surface area contributed by atoms with Crippen molar-refractivity contribution in [2.45, 2.75) is 114 Å². The lowest BCUT2D eigenvalue weighted by atomic mass is 9.96. The van der Waals surface area contributed by atoms with Crippen LogP contribution in [0.2, 0.25) is 0 Å². The van der Waals surface area contributed by atoms with Crippen LogP contribution in [0.1, 0.15) is 69.1 Å². The van der Waals surface area contributed by atoms with E-state index in [9.17, 15) is 54.0 Å². The third kappa shape index (κ3) is 14.7. The van der Waals surface area contributed by atoms with Crippen LogP contribution in [0.15, 0.2) is 79.0 Å². The minimum Gasteiger partial charge on any atom is -0.508 e. The van der Waals surface area contributed by atoms with Gasteiger partial charge in [0.15, 0.2) is 0 Å². The summed E-state index contributed by atoms with van der Waals surface area (Å²) >= 11 is 0. The van der Waals surface area contributed by atoms with Crippen LogP contribution < -0.4 is 38.1 Å². The van der Waals surface area contributed by atoms with Crippen molar-refractivity contribution in [3.8, 4) is 11.5 Å². The number of hydrogen-bond donors (Lipinski definition) is 12. The highest BCUT2D eigenvalue weighted by Gasteiger charge is 2.39. The molecule has 372 valence electrons. The van der Waals surface area contributed by atoms with Gasteiger partial charge < -0.3 is 68.4 Å². The number of carboxylic acid groups (broad SMARTS) is 1. The number of H-pyrrole nitrogens is 1. The second-order valence-electron chi connectivity index (χ2n) is 17.5. The van der Waals surface area contributed by atoms with Gasteiger partial charge in [0.05, 0.1) is 12.6 Å². The molecule has 2 heterocycles. The van der Waals surface area contributed by atoms with E-state index >= 15 is 0 Å². The zero-order valence-corrected chi connectivity index (χ0v) is 38.9. The third-order valence-electron chi connectivity index (χ3n) is 12.5. The minimum absolute atomic E-state index is 0.0241. The van der Waals surface area contributed by atoms with Gasteiger partial charge in [-0.15, -0.1) is 0 Å². The predicted octanol–water partition coefficient (Wildman–Crippen LogP) is 0.601. The van der Waals surface area contributed by atoms with E-state index in [4.69, 9.17) is 11.5 Å². The molecule has 3 aromatic carbocycles. The van der Waals surface area contributed by atoms with E-state index in [0.29, 0.717) is 48.8 Å². The van der Waals surface area contributed by atoms with Gasteiger partial charge in [0.25, 0.3) is 0 Å². The van der Waals surface area contributed by atoms with Crippen LogP contribution in [0.25, 0.3) is 10.9 Å². The van der Waals surface area contributed by atoms with Crippen LogP contribution in [0.5, 0.6) is 11.5 Å². The number of aliphatic hydroxyl groups is 1. The first-order valence-electron chi connectivity index (χ1n) is 23.3. The highest BCUT2D eigenvalue weighted by molar-refractivity contribution is 5.98. The highest BCUT2D eigenvalue weighted by Crippen LogP contribution is 2.23. The number of aromatic amines is 1. The Morgan fingerprint density at radius 3 is 1.94 bits per heavy atom. The number of phenols is 2. The quantitative estimate of drug-likeness (QED) is 0.0406. The number of aromatic nitrogens is 1. The first kappa shape index (κ1) is 52.9. The van der Waals surface area contributed by atoms with Crippen LogP contribution in [-0.4, -0.2) is 134 Å². The molecule has 0 unspecified atom stereocenters. The Hall–Kier alpha value is -7.03. The van der Waals surface area contributed by atoms with Crippen molar-refractivity contribution in [1.82, 2.24) is 36.5 Å². The molecule has 4 aromatic rings. The van der Waals surface area contributed by atoms with Gasteiger partial charge in [-0.1, -0.05) is 62.7 Å². The number of phenolic OH excluding ortho intramolecular Hbond substituents is 2. The van der Waals surface area contributed by atoms with E-state index in [1.54, 1.807) is 44.3 Å². The summed E-state index contributed by atoms with van der Waals surface area (Å²) in [5.41, 5.74) is 14.9. The number of nitrogens with two attached hydrogens (primary N) is 2. The molecule has 0 spiro atoms. The van der Waals surface area contributed by atoms with E-state index in [1.807, 2.05) is 24.3 Å². The van der Waals surface area contributed by atoms with Gasteiger partial charge in [0.2, 0.25) is 35.4 Å². The van der Waals surface area contributed by atoms with Crippen molar-refractivity contribution < 1.29 is 54.0 Å². The number of benzene rings is 3. The van der Waals surface area contributed by atoms with E-state index in [0.717, 1.165) is 10.9 Å². The number of nitrogens with zero attached hydrogens (tertiary/aromatic N) is 1. The number of amides is 6. The van der Waals surface area contributed by atoms with Crippen molar-refractivity contribution in [3.63, 3.8) is 0 Å². The Morgan fingerprint density at radius 1 is 0.739 bits per heavy atom. The smallest absolute Gasteiger partial charge is 0.328 e. The Bertz CT molecular complexity index is 2390. The molecule has 5 rings (SSSR count). The van der Waals surface area contributed by atoms with Crippen molar-refractivity contribution in [2.75, 3.05) is 19.7 Å². The third-order valence-corrected chi connectivity index (χ3v) is 12.5. The summed E-state index contributed by atoms with van der Waals surface area (Å²) < 4.78 is 0. The zero-order valence-electron chi connectivity index (χ0n) is 38.9. The number of likely N-dealkylation sites (tertiary alicyclic amines) is 1. The van der Waals surface area contributed by atoms with E-state index < -0.39 is 96.2 Å². The molecule has 0 saturated carbocycles. The molecule has 1 aliphatic rings. The first-order chi connectivity index (χ1) is 33.0. The molecule has 6 amide bonds. The Balaban J connectivity index is 1.41. The summed E-state index contributed by atoms with van der Waals surface area (Å²) in [6, 6.07) is 10.8. The summed E-state index contributed by atoms with van der Waals surface area (Å²) in [5.74, 6) is -6.24. The number of aliphatic hydroxyl groups excluding tert-OH is 1. The van der Waals surface area contributed by atoms with E-state index in [1.165, 1.54) is 29.2 Å². The molecule has 20 nitrogen and oxygen atoms in total. The van der Waals surface area contributed by atoms with E-state index in [2.05, 4.69) is 31.6 Å². The number of unbranched alkanes of at least 4 members (excludes halogenated alkanes) is 1. The number of carbonyl (C=O) groups excluding carboxylic acids is 6. The van der Waals surface area contributed by atoms with Gasteiger partial charge in [0.1, 0.15) is 47.8 Å². The van der Waals surface area contributed by atoms with Gasteiger partial charge in [-0.2, -0.15) is 0 Å². The molecule has 0 bridgehead atoms. The topological polar surface area (TPSA) is 332 Å². The molecule has 1 aliphatic heterocycles. The van der Waals surface area contributed by atoms with E-state index in [-0.39, 0.29) is 50.3 Å². The molecule has 0 aliphatic carbocycles. The summed E-state index contributed by atoms with van der Waals surface area (Å²) in [6.07, 6.45) is 3.82. The number of carboxylic acids is 1. The Kier molecular flexibility index (Phi) is 19.5. The first-order valence-corrected chi connectivity index (χ1v) is 23.3. The van der Waals surface area contributed by atoms with Gasteiger partial charge in [-0.05, 0) is 98.0 Å². The number of hydrogen-bond acceptors (Lipinski definition) is 12. The SMILES string of the molecule is CC[C@H](C)[C@H](NC(=O)[C@H](Cc1ccc(O)cc1)NC(=O)[C@H](CCCCN)NC(=O)[C@H](Cc1c[nH]c2ccccc12)NC(=O)[C@@H]1CCCN1C(=O)[C@@H](N)Cc1ccc(O)cc1)C(=O)N[C@@H](CO)C(=O)O. The Labute approximate surface area is 400 Å². The maximum Gasteiger partial charge on any atom is 0.328 e. The zero-order chi connectivity index (χ0) is 50.2. The highest BCUT2D eigenvalue weighted by atomic mass is 16.4. The summed E-state index contributed by atoms with van der Waals surface area (Å²) in [4.78, 5) is 101. The van der Waals surface area contributed by atoms with Crippen molar-refractivity contribution in [2.24, 2.45) is 17.4 Å². The molecule has 0 radical (unpaired) electrons. The maximum atomic E-state index is 14.6. The number of rotatable bonds is 25. The van der Waals surface area contributed by atoms with Crippen molar-refractivity contribution in [1.29, 1.82) is 0 Å². The molecular weight excluding hydrogens is 891 g/mol. The molecule has 1 saturated heterocycles. The lowest BCUT2D eigenvalue weighted by Crippen LogP contribution is -2.61. The fraction of sp³-hybridized carbons (Fsp3) is 0.449. The maximum absolute atomic E-state index is 14.6. The predicted molar refractivity (Wildman–Crippen MR) is 255 cm³/mol. The molecule has 20 heteroatoms. The fourth-order valence-corrected chi connectivity index (χ4v) is 8.27. The van der Waals surface area contributed by atoms with Gasteiger partial charge in [-0.25, -0.2) is 4.79 Å². The molecule has 69 heavy (non-hydrogen) atoms. The van der Waals surface area contributed by atoms with Gasteiger partial charge in [-0.3, -0.25) is 28.8 Å². The molecule has 8 atom stereocenters. The van der Waals surface area contributed by atoms with Crippen LogP contribution >= 0.6 is 0 Å². The molecule has 1 fully saturated rings. The molecular formula is C49H65N9O11. The number of carbonyl (C=O) groups is 7. The number of aromatic hydroxyl groups is 2. The summed E-state index contributed by atoms with van der Waals surface area (Å²) in [7, 11) is 0. The van der Waals surface area contributed by atoms with Crippen LogP contribution in [0, 0.1) is 5.92 Å².